The summed E-state index contributed by atoms with van der Waals surface area (Å²) in [6.45, 7) is 2.94. The van der Waals surface area contributed by atoms with Crippen molar-refractivity contribution in [3.63, 3.8) is 0 Å². The van der Waals surface area contributed by atoms with Gasteiger partial charge >= 0.3 is 0 Å². The minimum Gasteiger partial charge on any atom is -0.497 e. The van der Waals surface area contributed by atoms with Crippen molar-refractivity contribution in [2.75, 3.05) is 26.1 Å². The molecular weight excluding hydrogens is 262 g/mol. The Labute approximate surface area is 126 Å². The van der Waals surface area contributed by atoms with Crippen LogP contribution in [-0.4, -0.2) is 26.2 Å². The molecule has 0 aliphatic heterocycles. The second-order valence-electron chi connectivity index (χ2n) is 5.16. The molecule has 21 heavy (non-hydrogen) atoms. The third kappa shape index (κ3) is 3.95. The van der Waals surface area contributed by atoms with E-state index in [0.717, 1.165) is 18.1 Å². The highest BCUT2D eigenvalue weighted by atomic mass is 16.5. The molecule has 0 aliphatic rings. The summed E-state index contributed by atoms with van der Waals surface area (Å²) in [5.74, 6) is 1.85. The number of hydrogen-bond acceptors (Lipinski definition) is 4. The van der Waals surface area contributed by atoms with Crippen LogP contribution in [0.3, 0.4) is 0 Å². The third-order valence-corrected chi connectivity index (χ3v) is 3.67. The summed E-state index contributed by atoms with van der Waals surface area (Å²) in [6, 6.07) is 12.6. The molecule has 0 saturated carbocycles. The number of pyridine rings is 1. The van der Waals surface area contributed by atoms with Gasteiger partial charge in [0.25, 0.3) is 0 Å². The average Bonchev–Trinajstić information content (AvgIpc) is 2.55. The van der Waals surface area contributed by atoms with Crippen LogP contribution in [0, 0.1) is 0 Å². The minimum absolute atomic E-state index is 0.318. The highest BCUT2D eigenvalue weighted by Crippen LogP contribution is 2.18. The van der Waals surface area contributed by atoms with Gasteiger partial charge in [0.05, 0.1) is 7.11 Å². The van der Waals surface area contributed by atoms with Crippen LogP contribution in [0.25, 0.3) is 0 Å². The Morgan fingerprint density at radius 2 is 1.90 bits per heavy atom. The molecule has 4 nitrogen and oxygen atoms in total. The second-order valence-corrected chi connectivity index (χ2v) is 5.16. The third-order valence-electron chi connectivity index (χ3n) is 3.67. The van der Waals surface area contributed by atoms with Crippen LogP contribution in [0.2, 0.25) is 0 Å². The zero-order valence-electron chi connectivity index (χ0n) is 13.1. The molecule has 2 rings (SSSR count). The van der Waals surface area contributed by atoms with Crippen molar-refractivity contribution in [1.29, 1.82) is 0 Å². The molecule has 0 amide bonds. The van der Waals surface area contributed by atoms with Gasteiger partial charge in [-0.1, -0.05) is 18.2 Å². The van der Waals surface area contributed by atoms with Crippen molar-refractivity contribution in [3.8, 4) is 5.75 Å². The molecule has 1 atom stereocenters. The fourth-order valence-corrected chi connectivity index (χ4v) is 2.13. The molecule has 0 aliphatic carbocycles. The van der Waals surface area contributed by atoms with E-state index in [0.29, 0.717) is 6.04 Å². The van der Waals surface area contributed by atoms with E-state index < -0.39 is 0 Å². The van der Waals surface area contributed by atoms with Crippen LogP contribution in [0.5, 0.6) is 5.75 Å². The molecule has 0 bridgehead atoms. The predicted molar refractivity (Wildman–Crippen MR) is 86.8 cm³/mol. The van der Waals surface area contributed by atoms with Crippen LogP contribution >= 0.6 is 0 Å². The first-order valence-electron chi connectivity index (χ1n) is 7.11. The Balaban J connectivity index is 2.03. The standard InChI is InChI=1S/C17H23N3O/c1-13(18-2)15-7-10-17(19-11-15)20(3)12-14-5-8-16(21-4)9-6-14/h5-11,13,18H,12H2,1-4H3. The maximum Gasteiger partial charge on any atom is 0.128 e. The smallest absolute Gasteiger partial charge is 0.128 e. The van der Waals surface area contributed by atoms with Gasteiger partial charge in [-0.3, -0.25) is 0 Å². The lowest BCUT2D eigenvalue weighted by Gasteiger charge is -2.19. The lowest BCUT2D eigenvalue weighted by molar-refractivity contribution is 0.414. The molecule has 2 aromatic rings. The summed E-state index contributed by atoms with van der Waals surface area (Å²) < 4.78 is 5.17. The molecule has 4 heteroatoms. The van der Waals surface area contributed by atoms with Gasteiger partial charge in [0.15, 0.2) is 0 Å². The molecule has 0 spiro atoms. The van der Waals surface area contributed by atoms with Crippen LogP contribution in [0.15, 0.2) is 42.6 Å². The summed E-state index contributed by atoms with van der Waals surface area (Å²) in [4.78, 5) is 6.67. The van der Waals surface area contributed by atoms with E-state index in [4.69, 9.17) is 4.74 Å². The number of benzene rings is 1. The van der Waals surface area contributed by atoms with Gasteiger partial charge in [-0.25, -0.2) is 4.98 Å². The summed E-state index contributed by atoms with van der Waals surface area (Å²) >= 11 is 0. The predicted octanol–water partition coefficient (Wildman–Crippen LogP) is 3.01. The first kappa shape index (κ1) is 15.3. The molecule has 1 unspecified atom stereocenters. The van der Waals surface area contributed by atoms with Gasteiger partial charge in [0.2, 0.25) is 0 Å². The van der Waals surface area contributed by atoms with Crippen molar-refractivity contribution >= 4 is 5.82 Å². The van der Waals surface area contributed by atoms with Gasteiger partial charge in [0, 0.05) is 25.8 Å². The number of ether oxygens (including phenoxy) is 1. The molecular formula is C17H23N3O. The summed E-state index contributed by atoms with van der Waals surface area (Å²) in [5, 5.41) is 3.22. The van der Waals surface area contributed by atoms with Gasteiger partial charge in [-0.15, -0.1) is 0 Å². The Morgan fingerprint density at radius 3 is 2.43 bits per heavy atom. The highest BCUT2D eigenvalue weighted by Gasteiger charge is 2.06. The maximum atomic E-state index is 5.17. The highest BCUT2D eigenvalue weighted by molar-refractivity contribution is 5.40. The van der Waals surface area contributed by atoms with Crippen LogP contribution in [-0.2, 0) is 6.54 Å². The van der Waals surface area contributed by atoms with E-state index in [1.165, 1.54) is 11.1 Å². The minimum atomic E-state index is 0.318. The molecule has 112 valence electrons. The van der Waals surface area contributed by atoms with Gasteiger partial charge in [-0.2, -0.15) is 0 Å². The monoisotopic (exact) mass is 285 g/mol. The van der Waals surface area contributed by atoms with E-state index in [9.17, 15) is 0 Å². The average molecular weight is 285 g/mol. The largest absolute Gasteiger partial charge is 0.497 e. The van der Waals surface area contributed by atoms with E-state index in [2.05, 4.69) is 46.4 Å². The number of rotatable bonds is 6. The van der Waals surface area contributed by atoms with Gasteiger partial charge < -0.3 is 15.0 Å². The first-order valence-corrected chi connectivity index (χ1v) is 7.11. The zero-order chi connectivity index (χ0) is 15.2. The first-order chi connectivity index (χ1) is 10.1. The topological polar surface area (TPSA) is 37.4 Å². The normalized spacial score (nSPS) is 12.0. The molecule has 1 heterocycles. The molecule has 1 aromatic heterocycles. The van der Waals surface area contributed by atoms with Crippen molar-refractivity contribution in [3.05, 3.63) is 53.7 Å². The number of hydrogen-bond donors (Lipinski definition) is 1. The van der Waals surface area contributed by atoms with Crippen molar-refractivity contribution in [2.45, 2.75) is 19.5 Å². The van der Waals surface area contributed by atoms with Crippen molar-refractivity contribution in [2.24, 2.45) is 0 Å². The molecule has 0 fully saturated rings. The summed E-state index contributed by atoms with van der Waals surface area (Å²) in [7, 11) is 5.68. The van der Waals surface area contributed by atoms with Crippen molar-refractivity contribution in [1.82, 2.24) is 10.3 Å². The quantitative estimate of drug-likeness (QED) is 0.885. The van der Waals surface area contributed by atoms with Gasteiger partial charge in [-0.05, 0) is 43.3 Å². The van der Waals surface area contributed by atoms with Crippen LogP contribution < -0.4 is 15.0 Å². The SMILES string of the molecule is CNC(C)c1ccc(N(C)Cc2ccc(OC)cc2)nc1. The molecule has 1 N–H and O–H groups in total. The lowest BCUT2D eigenvalue weighted by Crippen LogP contribution is -2.18. The van der Waals surface area contributed by atoms with E-state index in [1.54, 1.807) is 7.11 Å². The van der Waals surface area contributed by atoms with E-state index >= 15 is 0 Å². The summed E-state index contributed by atoms with van der Waals surface area (Å²) in [6.07, 6.45) is 1.93. The van der Waals surface area contributed by atoms with Crippen molar-refractivity contribution < 1.29 is 4.74 Å². The Kier molecular flexibility index (Phi) is 5.17. The van der Waals surface area contributed by atoms with Gasteiger partial charge in [0.1, 0.15) is 11.6 Å². The number of anilines is 1. The van der Waals surface area contributed by atoms with E-state index in [1.807, 2.05) is 32.4 Å². The fourth-order valence-electron chi connectivity index (χ4n) is 2.13. The second kappa shape index (κ2) is 7.09. The Hall–Kier alpha value is -2.07. The molecule has 0 radical (unpaired) electrons. The lowest BCUT2D eigenvalue weighted by atomic mass is 10.1. The van der Waals surface area contributed by atoms with Crippen LogP contribution in [0.1, 0.15) is 24.1 Å². The Morgan fingerprint density at radius 1 is 1.19 bits per heavy atom. The van der Waals surface area contributed by atoms with E-state index in [-0.39, 0.29) is 0 Å². The molecule has 1 aromatic carbocycles. The zero-order valence-corrected chi connectivity index (χ0v) is 13.1. The number of nitrogens with zero attached hydrogens (tertiary/aromatic N) is 2. The Bertz CT molecular complexity index is 551. The number of nitrogens with one attached hydrogen (secondary N) is 1. The molecule has 0 saturated heterocycles. The number of aromatic nitrogens is 1. The number of methoxy groups -OCH3 is 1. The fraction of sp³-hybridized carbons (Fsp3) is 0.353. The summed E-state index contributed by atoms with van der Waals surface area (Å²) in [5.41, 5.74) is 2.42. The maximum absolute atomic E-state index is 5.17. The van der Waals surface area contributed by atoms with Crippen LogP contribution in [0.4, 0.5) is 5.82 Å².